The molecule has 1 aliphatic rings. The van der Waals surface area contributed by atoms with Gasteiger partial charge in [-0.15, -0.1) is 0 Å². The van der Waals surface area contributed by atoms with Gasteiger partial charge in [0.2, 0.25) is 0 Å². The van der Waals surface area contributed by atoms with Crippen LogP contribution in [0.2, 0.25) is 0 Å². The number of carbonyl (C=O) groups excluding carboxylic acids is 2. The maximum atomic E-state index is 11.8. The lowest BCUT2D eigenvalue weighted by Gasteiger charge is -2.26. The summed E-state index contributed by atoms with van der Waals surface area (Å²) in [7, 11) is 2.47. The fraction of sp³-hybridized carbons (Fsp3) is 0.667. The molecular formula is C12H18O5. The fourth-order valence-electron chi connectivity index (χ4n) is 2.26. The van der Waals surface area contributed by atoms with Gasteiger partial charge >= 0.3 is 11.9 Å². The van der Waals surface area contributed by atoms with Crippen LogP contribution in [0.15, 0.2) is 12.2 Å². The second-order valence-corrected chi connectivity index (χ2v) is 4.39. The molecule has 0 aromatic heterocycles. The van der Waals surface area contributed by atoms with Crippen molar-refractivity contribution < 1.29 is 24.2 Å². The summed E-state index contributed by atoms with van der Waals surface area (Å²) in [4.78, 5) is 23.7. The number of esters is 2. The SMILES string of the molecule is C=C1CC(O)CCC(C(=O)OC)(C(=O)OC)C1. The van der Waals surface area contributed by atoms with Gasteiger partial charge < -0.3 is 14.6 Å². The van der Waals surface area contributed by atoms with E-state index in [1.165, 1.54) is 14.2 Å². The quantitative estimate of drug-likeness (QED) is 0.336. The van der Waals surface area contributed by atoms with E-state index in [1.54, 1.807) is 0 Å². The van der Waals surface area contributed by atoms with E-state index in [9.17, 15) is 14.7 Å². The van der Waals surface area contributed by atoms with E-state index in [0.29, 0.717) is 18.4 Å². The lowest BCUT2D eigenvalue weighted by molar-refractivity contribution is -0.169. The van der Waals surface area contributed by atoms with Crippen molar-refractivity contribution in [2.75, 3.05) is 14.2 Å². The predicted molar refractivity (Wildman–Crippen MR) is 60.1 cm³/mol. The first-order valence-electron chi connectivity index (χ1n) is 5.48. The number of ether oxygens (including phenoxy) is 2. The van der Waals surface area contributed by atoms with Crippen LogP contribution in [0.1, 0.15) is 25.7 Å². The second kappa shape index (κ2) is 5.31. The molecule has 17 heavy (non-hydrogen) atoms. The molecule has 0 spiro atoms. The first kappa shape index (κ1) is 13.7. The molecule has 1 unspecified atom stereocenters. The van der Waals surface area contributed by atoms with E-state index in [4.69, 9.17) is 9.47 Å². The second-order valence-electron chi connectivity index (χ2n) is 4.39. The largest absolute Gasteiger partial charge is 0.468 e. The maximum Gasteiger partial charge on any atom is 0.323 e. The first-order valence-corrected chi connectivity index (χ1v) is 5.48. The number of rotatable bonds is 2. The fourth-order valence-corrected chi connectivity index (χ4v) is 2.26. The van der Waals surface area contributed by atoms with Crippen molar-refractivity contribution in [3.8, 4) is 0 Å². The molecule has 5 nitrogen and oxygen atoms in total. The van der Waals surface area contributed by atoms with Crippen LogP contribution in [-0.2, 0) is 19.1 Å². The summed E-state index contributed by atoms with van der Waals surface area (Å²) in [6.45, 7) is 3.78. The third-order valence-corrected chi connectivity index (χ3v) is 3.13. The smallest absolute Gasteiger partial charge is 0.323 e. The molecule has 1 aliphatic carbocycles. The Morgan fingerprint density at radius 2 is 1.88 bits per heavy atom. The lowest BCUT2D eigenvalue weighted by Crippen LogP contribution is -2.41. The van der Waals surface area contributed by atoms with Crippen molar-refractivity contribution >= 4 is 11.9 Å². The van der Waals surface area contributed by atoms with E-state index >= 15 is 0 Å². The molecule has 0 bridgehead atoms. The minimum absolute atomic E-state index is 0.170. The van der Waals surface area contributed by atoms with Gasteiger partial charge in [-0.1, -0.05) is 12.2 Å². The van der Waals surface area contributed by atoms with Crippen LogP contribution in [0.4, 0.5) is 0 Å². The number of carbonyl (C=O) groups is 2. The molecule has 0 aromatic rings. The van der Waals surface area contributed by atoms with Crippen LogP contribution in [-0.4, -0.2) is 37.4 Å². The number of aliphatic hydroxyl groups excluding tert-OH is 1. The van der Waals surface area contributed by atoms with Gasteiger partial charge in [-0.2, -0.15) is 0 Å². The van der Waals surface area contributed by atoms with Gasteiger partial charge in [-0.25, -0.2) is 0 Å². The molecule has 1 fully saturated rings. The number of hydrogen-bond donors (Lipinski definition) is 1. The summed E-state index contributed by atoms with van der Waals surface area (Å²) in [5, 5.41) is 9.64. The molecule has 1 saturated carbocycles. The summed E-state index contributed by atoms with van der Waals surface area (Å²) in [5.74, 6) is -1.25. The van der Waals surface area contributed by atoms with Crippen LogP contribution < -0.4 is 0 Å². The summed E-state index contributed by atoms with van der Waals surface area (Å²) >= 11 is 0. The topological polar surface area (TPSA) is 72.8 Å². The molecule has 0 saturated heterocycles. The Bertz CT molecular complexity index is 318. The van der Waals surface area contributed by atoms with Crippen molar-refractivity contribution in [1.29, 1.82) is 0 Å². The van der Waals surface area contributed by atoms with Crippen LogP contribution in [0.25, 0.3) is 0 Å². The van der Waals surface area contributed by atoms with Gasteiger partial charge in [-0.3, -0.25) is 9.59 Å². The molecule has 0 radical (unpaired) electrons. The normalized spacial score (nSPS) is 23.7. The van der Waals surface area contributed by atoms with Crippen LogP contribution in [0.5, 0.6) is 0 Å². The highest BCUT2D eigenvalue weighted by Gasteiger charge is 2.49. The molecule has 1 rings (SSSR count). The summed E-state index contributed by atoms with van der Waals surface area (Å²) < 4.78 is 9.39. The average molecular weight is 242 g/mol. The van der Waals surface area contributed by atoms with E-state index in [-0.39, 0.29) is 12.8 Å². The van der Waals surface area contributed by atoms with E-state index in [2.05, 4.69) is 6.58 Å². The Balaban J connectivity index is 3.08. The van der Waals surface area contributed by atoms with E-state index < -0.39 is 23.5 Å². The van der Waals surface area contributed by atoms with Crippen molar-refractivity contribution in [1.82, 2.24) is 0 Å². The molecule has 5 heteroatoms. The van der Waals surface area contributed by atoms with Crippen molar-refractivity contribution in [2.45, 2.75) is 31.8 Å². The Morgan fingerprint density at radius 1 is 1.35 bits per heavy atom. The lowest BCUT2D eigenvalue weighted by atomic mass is 9.79. The zero-order valence-electron chi connectivity index (χ0n) is 10.2. The third-order valence-electron chi connectivity index (χ3n) is 3.13. The minimum atomic E-state index is -1.35. The van der Waals surface area contributed by atoms with Gasteiger partial charge in [0.05, 0.1) is 20.3 Å². The summed E-state index contributed by atoms with van der Waals surface area (Å²) in [6, 6.07) is 0. The Labute approximate surface area is 100 Å². The van der Waals surface area contributed by atoms with Gasteiger partial charge in [0.15, 0.2) is 5.41 Å². The molecule has 1 atom stereocenters. The Morgan fingerprint density at radius 3 is 2.35 bits per heavy atom. The summed E-state index contributed by atoms with van der Waals surface area (Å²) in [6.07, 6.45) is 0.563. The Hall–Kier alpha value is -1.36. The predicted octanol–water partition coefficient (Wildman–Crippen LogP) is 0.810. The average Bonchev–Trinajstić information content (AvgIpc) is 2.46. The molecule has 0 aromatic carbocycles. The van der Waals surface area contributed by atoms with Crippen LogP contribution in [0, 0.1) is 5.41 Å². The molecule has 0 amide bonds. The van der Waals surface area contributed by atoms with Crippen molar-refractivity contribution in [3.05, 3.63) is 12.2 Å². The molecule has 0 aliphatic heterocycles. The number of hydrogen-bond acceptors (Lipinski definition) is 5. The first-order chi connectivity index (χ1) is 7.96. The third kappa shape index (κ3) is 2.66. The highest BCUT2D eigenvalue weighted by atomic mass is 16.5. The Kier molecular flexibility index (Phi) is 4.28. The van der Waals surface area contributed by atoms with E-state index in [0.717, 1.165) is 0 Å². The number of methoxy groups -OCH3 is 2. The minimum Gasteiger partial charge on any atom is -0.468 e. The van der Waals surface area contributed by atoms with Gasteiger partial charge in [0.25, 0.3) is 0 Å². The van der Waals surface area contributed by atoms with Crippen molar-refractivity contribution in [2.24, 2.45) is 5.41 Å². The standard InChI is InChI=1S/C12H18O5/c1-8-6-9(13)4-5-12(7-8,10(14)16-2)11(15)17-3/h9,13H,1,4-7H2,2-3H3. The highest BCUT2D eigenvalue weighted by molar-refractivity contribution is 6.00. The monoisotopic (exact) mass is 242 g/mol. The van der Waals surface area contributed by atoms with Crippen LogP contribution >= 0.6 is 0 Å². The van der Waals surface area contributed by atoms with Gasteiger partial charge in [0.1, 0.15) is 0 Å². The molecule has 96 valence electrons. The molecule has 1 N–H and O–H groups in total. The molecule has 0 heterocycles. The van der Waals surface area contributed by atoms with Gasteiger partial charge in [0, 0.05) is 0 Å². The maximum absolute atomic E-state index is 11.8. The molecular weight excluding hydrogens is 224 g/mol. The van der Waals surface area contributed by atoms with E-state index in [1.807, 2.05) is 0 Å². The summed E-state index contributed by atoms with van der Waals surface area (Å²) in [5.41, 5.74) is -0.691. The van der Waals surface area contributed by atoms with Crippen molar-refractivity contribution in [3.63, 3.8) is 0 Å². The zero-order valence-corrected chi connectivity index (χ0v) is 10.2. The number of aliphatic hydroxyl groups is 1. The van der Waals surface area contributed by atoms with Gasteiger partial charge in [-0.05, 0) is 25.7 Å². The van der Waals surface area contributed by atoms with Crippen LogP contribution in [0.3, 0.4) is 0 Å². The zero-order chi connectivity index (χ0) is 13.1. The highest BCUT2D eigenvalue weighted by Crippen LogP contribution is 2.39.